The predicted molar refractivity (Wildman–Crippen MR) is 73.1 cm³/mol. The van der Waals surface area contributed by atoms with Crippen molar-refractivity contribution >= 4 is 11.9 Å². The van der Waals surface area contributed by atoms with Crippen molar-refractivity contribution in [3.8, 4) is 11.8 Å². The lowest BCUT2D eigenvalue weighted by Crippen LogP contribution is -2.39. The van der Waals surface area contributed by atoms with E-state index in [2.05, 4.69) is 10.6 Å². The molecule has 0 radical (unpaired) electrons. The number of carbonyl (C=O) groups is 2. The average molecular weight is 275 g/mol. The number of ether oxygens (including phenoxy) is 1. The van der Waals surface area contributed by atoms with Gasteiger partial charge in [0.25, 0.3) is 0 Å². The Hall–Kier alpha value is -2.55. The van der Waals surface area contributed by atoms with Crippen molar-refractivity contribution in [2.75, 3.05) is 13.7 Å². The highest BCUT2D eigenvalue weighted by molar-refractivity contribution is 5.95. The van der Waals surface area contributed by atoms with Gasteiger partial charge in [-0.3, -0.25) is 10.1 Å². The minimum absolute atomic E-state index is 0.320. The van der Waals surface area contributed by atoms with E-state index in [0.29, 0.717) is 6.54 Å². The molecular weight excluding hydrogens is 258 g/mol. The van der Waals surface area contributed by atoms with Gasteiger partial charge in [0.15, 0.2) is 0 Å². The molecule has 1 aromatic rings. The molecule has 0 aliphatic rings. The summed E-state index contributed by atoms with van der Waals surface area (Å²) in [7, 11) is 1.62. The number of carbonyl (C=O) groups excluding carboxylic acids is 2. The summed E-state index contributed by atoms with van der Waals surface area (Å²) < 4.78 is 5.06. The summed E-state index contributed by atoms with van der Waals surface area (Å²) in [6.45, 7) is 0.456. The Morgan fingerprint density at radius 2 is 2.00 bits per heavy atom. The molecule has 0 heterocycles. The number of nitrogens with zero attached hydrogens (tertiary/aromatic N) is 1. The summed E-state index contributed by atoms with van der Waals surface area (Å²) >= 11 is 0. The monoisotopic (exact) mass is 275 g/mol. The van der Waals surface area contributed by atoms with Crippen LogP contribution >= 0.6 is 0 Å². The van der Waals surface area contributed by atoms with Gasteiger partial charge in [0, 0.05) is 6.54 Å². The van der Waals surface area contributed by atoms with Crippen LogP contribution in [0.5, 0.6) is 5.75 Å². The minimum Gasteiger partial charge on any atom is -0.497 e. The molecule has 3 amide bonds. The summed E-state index contributed by atoms with van der Waals surface area (Å²) in [5.41, 5.74) is 1.15. The van der Waals surface area contributed by atoms with E-state index >= 15 is 0 Å². The van der Waals surface area contributed by atoms with Crippen LogP contribution in [-0.4, -0.2) is 25.6 Å². The normalized spacial score (nSPS) is 9.40. The van der Waals surface area contributed by atoms with Gasteiger partial charge < -0.3 is 10.1 Å². The fraction of sp³-hybridized carbons (Fsp3) is 0.357. The quantitative estimate of drug-likeness (QED) is 0.767. The van der Waals surface area contributed by atoms with Crippen molar-refractivity contribution in [3.05, 3.63) is 29.8 Å². The van der Waals surface area contributed by atoms with Crippen molar-refractivity contribution in [2.45, 2.75) is 19.3 Å². The zero-order valence-corrected chi connectivity index (χ0v) is 11.3. The second-order valence-corrected chi connectivity index (χ2v) is 4.09. The standard InChI is InChI=1S/C14H17N3O3/c1-20-12-6-4-11(5-7-12)3-2-10-16-14(19)17-13(18)8-9-15/h4-7H,2-3,8,10H2,1H3,(H2,16,17,18,19). The van der Waals surface area contributed by atoms with E-state index in [4.69, 9.17) is 10.00 Å². The number of nitrogens with one attached hydrogen (secondary N) is 2. The first-order valence-corrected chi connectivity index (χ1v) is 6.23. The molecule has 0 saturated carbocycles. The summed E-state index contributed by atoms with van der Waals surface area (Å²) in [5, 5.41) is 12.9. The van der Waals surface area contributed by atoms with Crippen LogP contribution in [0.4, 0.5) is 4.79 Å². The van der Waals surface area contributed by atoms with Gasteiger partial charge in [-0.15, -0.1) is 0 Å². The number of aryl methyl sites for hydroxylation is 1. The van der Waals surface area contributed by atoms with Gasteiger partial charge in [-0.05, 0) is 30.5 Å². The Morgan fingerprint density at radius 3 is 2.60 bits per heavy atom. The van der Waals surface area contributed by atoms with Crippen LogP contribution in [0.25, 0.3) is 0 Å². The third-order valence-corrected chi connectivity index (χ3v) is 2.58. The lowest BCUT2D eigenvalue weighted by molar-refractivity contribution is -0.119. The minimum atomic E-state index is -0.597. The van der Waals surface area contributed by atoms with Crippen LogP contribution < -0.4 is 15.4 Å². The van der Waals surface area contributed by atoms with Crippen molar-refractivity contribution in [1.29, 1.82) is 5.26 Å². The van der Waals surface area contributed by atoms with E-state index in [1.54, 1.807) is 13.2 Å². The van der Waals surface area contributed by atoms with E-state index in [9.17, 15) is 9.59 Å². The third-order valence-electron chi connectivity index (χ3n) is 2.58. The van der Waals surface area contributed by atoms with Gasteiger partial charge in [-0.1, -0.05) is 12.1 Å². The maximum Gasteiger partial charge on any atom is 0.321 e. The molecular formula is C14H17N3O3. The Labute approximate surface area is 117 Å². The second kappa shape index (κ2) is 8.53. The van der Waals surface area contributed by atoms with Crippen LogP contribution in [-0.2, 0) is 11.2 Å². The molecule has 0 aromatic heterocycles. The zero-order valence-electron chi connectivity index (χ0n) is 11.3. The number of methoxy groups -OCH3 is 1. The van der Waals surface area contributed by atoms with Crippen LogP contribution in [0, 0.1) is 11.3 Å². The molecule has 0 aliphatic heterocycles. The number of imide groups is 1. The molecule has 0 atom stereocenters. The molecule has 6 nitrogen and oxygen atoms in total. The number of hydrogen-bond donors (Lipinski definition) is 2. The molecule has 0 unspecified atom stereocenters. The molecule has 0 saturated heterocycles. The molecule has 2 N–H and O–H groups in total. The number of rotatable bonds is 6. The van der Waals surface area contributed by atoms with Gasteiger partial charge in [0.1, 0.15) is 12.2 Å². The van der Waals surface area contributed by atoms with Crippen LogP contribution in [0.15, 0.2) is 24.3 Å². The number of benzene rings is 1. The molecule has 0 spiro atoms. The maximum absolute atomic E-state index is 11.3. The Kier molecular flexibility index (Phi) is 6.62. The van der Waals surface area contributed by atoms with E-state index in [0.717, 1.165) is 24.2 Å². The first-order valence-electron chi connectivity index (χ1n) is 6.23. The number of urea groups is 1. The fourth-order valence-electron chi connectivity index (χ4n) is 1.57. The van der Waals surface area contributed by atoms with Crippen molar-refractivity contribution < 1.29 is 14.3 Å². The predicted octanol–water partition coefficient (Wildman–Crippen LogP) is 1.37. The molecule has 1 rings (SSSR count). The van der Waals surface area contributed by atoms with E-state index in [-0.39, 0.29) is 6.42 Å². The summed E-state index contributed by atoms with van der Waals surface area (Å²) in [5.74, 6) is 0.211. The van der Waals surface area contributed by atoms with Crippen molar-refractivity contribution in [1.82, 2.24) is 10.6 Å². The Balaban J connectivity index is 2.19. The second-order valence-electron chi connectivity index (χ2n) is 4.09. The lowest BCUT2D eigenvalue weighted by atomic mass is 10.1. The first-order chi connectivity index (χ1) is 9.65. The summed E-state index contributed by atoms with van der Waals surface area (Å²) in [6.07, 6.45) is 1.25. The summed E-state index contributed by atoms with van der Waals surface area (Å²) in [6, 6.07) is 8.80. The SMILES string of the molecule is COc1ccc(CCCNC(=O)NC(=O)CC#N)cc1. The molecule has 106 valence electrons. The topological polar surface area (TPSA) is 91.2 Å². The van der Waals surface area contributed by atoms with Crippen LogP contribution in [0.1, 0.15) is 18.4 Å². The molecule has 0 bridgehead atoms. The van der Waals surface area contributed by atoms with Crippen molar-refractivity contribution in [2.24, 2.45) is 0 Å². The number of nitriles is 1. The number of amides is 3. The van der Waals surface area contributed by atoms with Gasteiger partial charge in [-0.2, -0.15) is 5.26 Å². The van der Waals surface area contributed by atoms with Gasteiger partial charge in [-0.25, -0.2) is 4.79 Å². The fourth-order valence-corrected chi connectivity index (χ4v) is 1.57. The first kappa shape index (κ1) is 15.5. The smallest absolute Gasteiger partial charge is 0.321 e. The lowest BCUT2D eigenvalue weighted by Gasteiger charge is -2.06. The van der Waals surface area contributed by atoms with Gasteiger partial charge in [0.05, 0.1) is 13.2 Å². The highest BCUT2D eigenvalue weighted by atomic mass is 16.5. The van der Waals surface area contributed by atoms with Crippen LogP contribution in [0.3, 0.4) is 0 Å². The third kappa shape index (κ3) is 5.87. The van der Waals surface area contributed by atoms with Crippen molar-refractivity contribution in [3.63, 3.8) is 0 Å². The highest BCUT2D eigenvalue weighted by Crippen LogP contribution is 2.12. The molecule has 20 heavy (non-hydrogen) atoms. The number of hydrogen-bond acceptors (Lipinski definition) is 4. The molecule has 0 aliphatic carbocycles. The van der Waals surface area contributed by atoms with Crippen LogP contribution in [0.2, 0.25) is 0 Å². The average Bonchev–Trinajstić information content (AvgIpc) is 2.44. The van der Waals surface area contributed by atoms with E-state index in [1.807, 2.05) is 24.3 Å². The largest absolute Gasteiger partial charge is 0.497 e. The molecule has 1 aromatic carbocycles. The van der Waals surface area contributed by atoms with E-state index < -0.39 is 11.9 Å². The van der Waals surface area contributed by atoms with Gasteiger partial charge in [0.2, 0.25) is 5.91 Å². The zero-order chi connectivity index (χ0) is 14.8. The Morgan fingerprint density at radius 1 is 1.30 bits per heavy atom. The molecule has 0 fully saturated rings. The molecule has 6 heteroatoms. The maximum atomic E-state index is 11.3. The van der Waals surface area contributed by atoms with Gasteiger partial charge >= 0.3 is 6.03 Å². The highest BCUT2D eigenvalue weighted by Gasteiger charge is 2.05. The summed E-state index contributed by atoms with van der Waals surface area (Å²) in [4.78, 5) is 22.2. The van der Waals surface area contributed by atoms with E-state index in [1.165, 1.54) is 0 Å². The Bertz CT molecular complexity index is 491.